The molecule has 0 atom stereocenters. The van der Waals surface area contributed by atoms with Crippen LogP contribution in [0, 0.1) is 11.6 Å². The van der Waals surface area contributed by atoms with Gasteiger partial charge in [0.1, 0.15) is 22.8 Å². The molecule has 5 aromatic rings. The molecule has 2 N–H and O–H groups in total. The number of hydrogen-bond acceptors (Lipinski definition) is 5. The molecule has 2 aromatic carbocycles. The third-order valence-electron chi connectivity index (χ3n) is 6.37. The van der Waals surface area contributed by atoms with E-state index in [0.717, 1.165) is 36.4 Å². The second kappa shape index (κ2) is 11.5. The van der Waals surface area contributed by atoms with Crippen LogP contribution in [-0.2, 0) is 6.42 Å². The number of benzene rings is 2. The number of pyridine rings is 2. The second-order valence-electron chi connectivity index (χ2n) is 9.53. The van der Waals surface area contributed by atoms with E-state index >= 15 is 4.39 Å². The average molecular weight is 544 g/mol. The maximum Gasteiger partial charge on any atom is 0.267 e. The topological polar surface area (TPSA) is 92.2 Å². The van der Waals surface area contributed by atoms with Crippen molar-refractivity contribution in [1.82, 2.24) is 19.4 Å². The van der Waals surface area contributed by atoms with Crippen molar-refractivity contribution in [2.75, 3.05) is 26.0 Å². The monoisotopic (exact) mass is 543 g/mol. The predicted molar refractivity (Wildman–Crippen MR) is 149 cm³/mol. The lowest BCUT2D eigenvalue weighted by molar-refractivity contribution is 0.102. The van der Waals surface area contributed by atoms with Crippen LogP contribution in [0.4, 0.5) is 14.5 Å². The summed E-state index contributed by atoms with van der Waals surface area (Å²) in [5.74, 6) is -1.40. The summed E-state index contributed by atoms with van der Waals surface area (Å²) in [7, 11) is 4.04. The van der Waals surface area contributed by atoms with Crippen LogP contribution in [0.5, 0.6) is 11.5 Å². The van der Waals surface area contributed by atoms with E-state index in [2.05, 4.69) is 20.2 Å². The number of fused-ring (bicyclic) bond motifs is 1. The van der Waals surface area contributed by atoms with Gasteiger partial charge in [-0.1, -0.05) is 0 Å². The number of halogens is 2. The number of H-pyrrole nitrogens is 1. The molecule has 204 valence electrons. The fourth-order valence-electron chi connectivity index (χ4n) is 4.41. The van der Waals surface area contributed by atoms with Crippen molar-refractivity contribution < 1.29 is 18.3 Å². The number of nitrogens with zero attached hydrogens (tertiary/aromatic N) is 3. The Hall–Kier alpha value is -4.83. The molecule has 0 bridgehead atoms. The maximum absolute atomic E-state index is 15.1. The van der Waals surface area contributed by atoms with Gasteiger partial charge in [0.05, 0.1) is 5.39 Å². The summed E-state index contributed by atoms with van der Waals surface area (Å²) in [6, 6.07) is 13.9. The molecule has 0 fully saturated rings. The van der Waals surface area contributed by atoms with Crippen molar-refractivity contribution in [3.8, 4) is 17.2 Å². The summed E-state index contributed by atoms with van der Waals surface area (Å²) >= 11 is 0. The van der Waals surface area contributed by atoms with Crippen molar-refractivity contribution in [2.24, 2.45) is 0 Å². The predicted octanol–water partition coefficient (Wildman–Crippen LogP) is 5.53. The van der Waals surface area contributed by atoms with Gasteiger partial charge in [-0.05, 0) is 93.6 Å². The number of carbonyl (C=O) groups excluding carboxylic acids is 1. The standard InChI is InChI=1S/C30H27F2N5O3/c1-36(2)15-3-5-19-18-34-28-27(19)26(13-14-33-28)40-25-12-9-21(17-24(25)32)35-29(38)23-6-4-16-37(30(23)39)22-10-7-20(31)8-11-22/h4,6-14,16-18H,3,5,15H2,1-2H3,(H,33,34)(H,35,38). The number of nitrogens with one attached hydrogen (secondary N) is 2. The van der Waals surface area contributed by atoms with Crippen LogP contribution in [0.3, 0.4) is 0 Å². The van der Waals surface area contributed by atoms with E-state index in [4.69, 9.17) is 4.74 Å². The van der Waals surface area contributed by atoms with Gasteiger partial charge in [0.2, 0.25) is 0 Å². The maximum atomic E-state index is 15.1. The number of aryl methyl sites for hydroxylation is 1. The molecule has 40 heavy (non-hydrogen) atoms. The molecule has 5 rings (SSSR count). The molecule has 8 nitrogen and oxygen atoms in total. The van der Waals surface area contributed by atoms with Crippen molar-refractivity contribution in [3.05, 3.63) is 112 Å². The average Bonchev–Trinajstić information content (AvgIpc) is 3.34. The Labute approximate surface area is 228 Å². The molecule has 3 heterocycles. The lowest BCUT2D eigenvalue weighted by Crippen LogP contribution is -2.27. The summed E-state index contributed by atoms with van der Waals surface area (Å²) in [6.07, 6.45) is 6.70. The summed E-state index contributed by atoms with van der Waals surface area (Å²) in [5.41, 5.74) is 1.48. The molecule has 10 heteroatoms. The van der Waals surface area contributed by atoms with E-state index in [1.165, 1.54) is 59.3 Å². The number of rotatable bonds is 9. The van der Waals surface area contributed by atoms with Crippen molar-refractivity contribution in [2.45, 2.75) is 12.8 Å². The third kappa shape index (κ3) is 5.76. The first-order valence-electron chi connectivity index (χ1n) is 12.7. The molecule has 0 spiro atoms. The van der Waals surface area contributed by atoms with Gasteiger partial charge >= 0.3 is 0 Å². The largest absolute Gasteiger partial charge is 0.453 e. The zero-order chi connectivity index (χ0) is 28.2. The second-order valence-corrected chi connectivity index (χ2v) is 9.53. The Morgan fingerprint density at radius 2 is 1.88 bits per heavy atom. The van der Waals surface area contributed by atoms with E-state index < -0.39 is 23.1 Å². The quantitative estimate of drug-likeness (QED) is 0.255. The van der Waals surface area contributed by atoms with Crippen LogP contribution in [0.2, 0.25) is 0 Å². The van der Waals surface area contributed by atoms with Gasteiger partial charge in [0, 0.05) is 36.0 Å². The Morgan fingerprint density at radius 3 is 2.62 bits per heavy atom. The van der Waals surface area contributed by atoms with Gasteiger partial charge in [-0.25, -0.2) is 13.8 Å². The van der Waals surface area contributed by atoms with Gasteiger partial charge in [-0.2, -0.15) is 0 Å². The molecule has 0 saturated carbocycles. The van der Waals surface area contributed by atoms with Gasteiger partial charge in [0.25, 0.3) is 11.5 Å². The Balaban J connectivity index is 1.34. The molecule has 0 unspecified atom stereocenters. The van der Waals surface area contributed by atoms with Crippen LogP contribution in [0.25, 0.3) is 16.7 Å². The molecular weight excluding hydrogens is 516 g/mol. The Morgan fingerprint density at radius 1 is 1.07 bits per heavy atom. The van der Waals surface area contributed by atoms with Gasteiger partial charge in [-0.15, -0.1) is 0 Å². The minimum absolute atomic E-state index is 0.0238. The van der Waals surface area contributed by atoms with E-state index in [0.29, 0.717) is 17.1 Å². The van der Waals surface area contributed by atoms with Crippen molar-refractivity contribution >= 4 is 22.6 Å². The zero-order valence-corrected chi connectivity index (χ0v) is 21.9. The number of aromatic nitrogens is 3. The zero-order valence-electron chi connectivity index (χ0n) is 21.9. The minimum Gasteiger partial charge on any atom is -0.453 e. The first-order chi connectivity index (χ1) is 19.3. The summed E-state index contributed by atoms with van der Waals surface area (Å²) in [5, 5.41) is 3.35. The SMILES string of the molecule is CN(C)CCCc1c[nH]c2nccc(Oc3ccc(NC(=O)c4cccn(-c5ccc(F)cc5)c4=O)cc3F)c12. The molecule has 0 aliphatic rings. The summed E-state index contributed by atoms with van der Waals surface area (Å²) in [4.78, 5) is 35.4. The molecule has 3 aromatic heterocycles. The van der Waals surface area contributed by atoms with E-state index in [1.807, 2.05) is 20.3 Å². The van der Waals surface area contributed by atoms with E-state index in [1.54, 1.807) is 12.3 Å². The highest BCUT2D eigenvalue weighted by Gasteiger charge is 2.17. The fourth-order valence-corrected chi connectivity index (χ4v) is 4.41. The lowest BCUT2D eigenvalue weighted by atomic mass is 10.1. The molecule has 0 aliphatic heterocycles. The number of anilines is 1. The van der Waals surface area contributed by atoms with Crippen LogP contribution < -0.4 is 15.6 Å². The number of aromatic amines is 1. The fraction of sp³-hybridized carbons (Fsp3) is 0.167. The van der Waals surface area contributed by atoms with Gasteiger partial charge < -0.3 is 19.9 Å². The lowest BCUT2D eigenvalue weighted by Gasteiger charge is -2.12. The van der Waals surface area contributed by atoms with Crippen LogP contribution in [0.15, 0.2) is 84.0 Å². The van der Waals surface area contributed by atoms with Gasteiger partial charge in [-0.3, -0.25) is 14.2 Å². The molecule has 0 aliphatic carbocycles. The number of hydrogen-bond donors (Lipinski definition) is 2. The van der Waals surface area contributed by atoms with Gasteiger partial charge in [0.15, 0.2) is 11.6 Å². The third-order valence-corrected chi connectivity index (χ3v) is 6.37. The highest BCUT2D eigenvalue weighted by molar-refractivity contribution is 6.04. The number of ether oxygens (including phenoxy) is 1. The summed E-state index contributed by atoms with van der Waals surface area (Å²) < 4.78 is 35.6. The van der Waals surface area contributed by atoms with E-state index in [9.17, 15) is 14.0 Å². The highest BCUT2D eigenvalue weighted by atomic mass is 19.1. The highest BCUT2D eigenvalue weighted by Crippen LogP contribution is 2.33. The molecule has 1 amide bonds. The molecular formula is C30H27F2N5O3. The van der Waals surface area contributed by atoms with Crippen LogP contribution >= 0.6 is 0 Å². The van der Waals surface area contributed by atoms with Crippen LogP contribution in [0.1, 0.15) is 22.3 Å². The Bertz CT molecular complexity index is 1730. The van der Waals surface area contributed by atoms with E-state index in [-0.39, 0.29) is 17.0 Å². The first kappa shape index (κ1) is 26.8. The van der Waals surface area contributed by atoms with Crippen LogP contribution in [-0.4, -0.2) is 46.0 Å². The number of amides is 1. The Kier molecular flexibility index (Phi) is 7.70. The summed E-state index contributed by atoms with van der Waals surface area (Å²) in [6.45, 7) is 0.925. The number of carbonyl (C=O) groups is 1. The molecule has 0 radical (unpaired) electrons. The normalized spacial score (nSPS) is 11.2. The first-order valence-corrected chi connectivity index (χ1v) is 12.7. The van der Waals surface area contributed by atoms with Crippen molar-refractivity contribution in [1.29, 1.82) is 0 Å². The van der Waals surface area contributed by atoms with Crippen molar-refractivity contribution in [3.63, 3.8) is 0 Å². The minimum atomic E-state index is -0.708. The molecule has 0 saturated heterocycles. The smallest absolute Gasteiger partial charge is 0.267 e.